The lowest BCUT2D eigenvalue weighted by Crippen LogP contribution is -2.22. The van der Waals surface area contributed by atoms with Crippen LogP contribution in [0.3, 0.4) is 0 Å². The predicted octanol–water partition coefficient (Wildman–Crippen LogP) is 3.85. The molecule has 4 heteroatoms. The van der Waals surface area contributed by atoms with Crippen LogP contribution in [-0.4, -0.2) is 6.54 Å². The maximum absolute atomic E-state index is 6.09. The zero-order chi connectivity index (χ0) is 13.1. The number of rotatable bonds is 4. The van der Waals surface area contributed by atoms with Gasteiger partial charge in [-0.3, -0.25) is 0 Å². The van der Waals surface area contributed by atoms with Crippen LogP contribution in [0.2, 0.25) is 5.02 Å². The summed E-state index contributed by atoms with van der Waals surface area (Å²) in [6, 6.07) is 7.68. The van der Waals surface area contributed by atoms with Crippen molar-refractivity contribution in [3.05, 3.63) is 46.9 Å². The van der Waals surface area contributed by atoms with Crippen LogP contribution in [0, 0.1) is 6.92 Å². The third-order valence-corrected chi connectivity index (χ3v) is 3.29. The molecule has 2 rings (SSSR count). The van der Waals surface area contributed by atoms with E-state index in [0.29, 0.717) is 10.7 Å². The molecule has 0 bridgehead atoms. The summed E-state index contributed by atoms with van der Waals surface area (Å²) in [5.74, 6) is 0.934. The molecular weight excluding hydrogens is 248 g/mol. The van der Waals surface area contributed by atoms with Crippen molar-refractivity contribution in [2.75, 3.05) is 17.2 Å². The maximum atomic E-state index is 6.09. The Hall–Kier alpha value is -1.61. The molecule has 1 aromatic heterocycles. The Morgan fingerprint density at radius 2 is 2.17 bits per heavy atom. The molecule has 0 aliphatic rings. The average Bonchev–Trinajstić information content (AvgIpc) is 2.84. The van der Waals surface area contributed by atoms with Gasteiger partial charge in [0, 0.05) is 12.2 Å². The molecule has 0 aliphatic carbocycles. The first kappa shape index (κ1) is 12.8. The highest BCUT2D eigenvalue weighted by molar-refractivity contribution is 6.33. The van der Waals surface area contributed by atoms with Crippen LogP contribution in [0.1, 0.15) is 18.2 Å². The van der Waals surface area contributed by atoms with E-state index in [9.17, 15) is 0 Å². The molecule has 2 N–H and O–H groups in total. The number of anilines is 2. The number of nitrogen functional groups attached to an aromatic ring is 1. The number of hydrogen-bond donors (Lipinski definition) is 1. The first-order chi connectivity index (χ1) is 8.61. The molecule has 0 amide bonds. The first-order valence-corrected chi connectivity index (χ1v) is 6.32. The van der Waals surface area contributed by atoms with Gasteiger partial charge in [0.25, 0.3) is 0 Å². The molecule has 0 fully saturated rings. The van der Waals surface area contributed by atoms with Crippen LogP contribution in [-0.2, 0) is 6.54 Å². The van der Waals surface area contributed by atoms with Crippen molar-refractivity contribution in [3.63, 3.8) is 0 Å². The third-order valence-electron chi connectivity index (χ3n) is 2.96. The summed E-state index contributed by atoms with van der Waals surface area (Å²) in [5.41, 5.74) is 8.62. The molecule has 0 radical (unpaired) electrons. The second-order valence-corrected chi connectivity index (χ2v) is 4.66. The van der Waals surface area contributed by atoms with E-state index in [2.05, 4.69) is 11.8 Å². The zero-order valence-corrected chi connectivity index (χ0v) is 11.4. The fourth-order valence-corrected chi connectivity index (χ4v) is 2.15. The van der Waals surface area contributed by atoms with Gasteiger partial charge in [-0.25, -0.2) is 0 Å². The van der Waals surface area contributed by atoms with Crippen LogP contribution in [0.25, 0.3) is 0 Å². The Morgan fingerprint density at radius 1 is 1.39 bits per heavy atom. The molecule has 3 nitrogen and oxygen atoms in total. The van der Waals surface area contributed by atoms with E-state index in [1.165, 1.54) is 0 Å². The van der Waals surface area contributed by atoms with Gasteiger partial charge in [-0.2, -0.15) is 0 Å². The van der Waals surface area contributed by atoms with Crippen molar-refractivity contribution in [2.24, 2.45) is 0 Å². The van der Waals surface area contributed by atoms with Crippen molar-refractivity contribution in [2.45, 2.75) is 20.4 Å². The van der Waals surface area contributed by atoms with Gasteiger partial charge in [0.15, 0.2) is 0 Å². The Morgan fingerprint density at radius 3 is 2.78 bits per heavy atom. The number of nitrogens with zero attached hydrogens (tertiary/aromatic N) is 1. The van der Waals surface area contributed by atoms with E-state index in [1.54, 1.807) is 6.26 Å². The first-order valence-electron chi connectivity index (χ1n) is 5.94. The molecule has 0 unspecified atom stereocenters. The predicted molar refractivity (Wildman–Crippen MR) is 76.0 cm³/mol. The molecule has 0 spiro atoms. The Bertz CT molecular complexity index is 523. The molecule has 0 saturated heterocycles. The summed E-state index contributed by atoms with van der Waals surface area (Å²) in [4.78, 5) is 2.21. The number of furan rings is 1. The topological polar surface area (TPSA) is 42.4 Å². The second-order valence-electron chi connectivity index (χ2n) is 4.25. The third kappa shape index (κ3) is 2.62. The summed E-state index contributed by atoms with van der Waals surface area (Å²) < 4.78 is 5.38. The van der Waals surface area contributed by atoms with Gasteiger partial charge in [0.2, 0.25) is 0 Å². The minimum absolute atomic E-state index is 0.591. The minimum Gasteiger partial charge on any atom is -0.467 e. The van der Waals surface area contributed by atoms with Crippen LogP contribution >= 0.6 is 11.6 Å². The van der Waals surface area contributed by atoms with Gasteiger partial charge < -0.3 is 15.1 Å². The number of nitrogens with two attached hydrogens (primary N) is 1. The number of aryl methyl sites for hydroxylation is 1. The van der Waals surface area contributed by atoms with Crippen LogP contribution in [0.15, 0.2) is 34.9 Å². The van der Waals surface area contributed by atoms with Crippen molar-refractivity contribution < 1.29 is 4.42 Å². The summed E-state index contributed by atoms with van der Waals surface area (Å²) in [6.45, 7) is 5.74. The highest BCUT2D eigenvalue weighted by Crippen LogP contribution is 2.30. The van der Waals surface area contributed by atoms with Crippen molar-refractivity contribution in [3.8, 4) is 0 Å². The second kappa shape index (κ2) is 5.36. The van der Waals surface area contributed by atoms with Crippen LogP contribution < -0.4 is 10.6 Å². The molecule has 1 heterocycles. The van der Waals surface area contributed by atoms with Gasteiger partial charge in [-0.1, -0.05) is 11.6 Å². The zero-order valence-electron chi connectivity index (χ0n) is 10.6. The number of hydrogen-bond acceptors (Lipinski definition) is 3. The standard InChI is InChI=1S/C14H17ClN2O/c1-3-17(9-11-5-4-6-18-11)14-8-12(15)13(16)7-10(14)2/h4-8H,3,9,16H2,1-2H3. The van der Waals surface area contributed by atoms with Gasteiger partial charge in [0.1, 0.15) is 5.76 Å². The number of halogens is 1. The van der Waals surface area contributed by atoms with E-state index in [-0.39, 0.29) is 0 Å². The van der Waals surface area contributed by atoms with Crippen LogP contribution in [0.4, 0.5) is 11.4 Å². The number of benzene rings is 1. The monoisotopic (exact) mass is 264 g/mol. The largest absolute Gasteiger partial charge is 0.467 e. The van der Waals surface area contributed by atoms with E-state index in [0.717, 1.165) is 30.1 Å². The van der Waals surface area contributed by atoms with E-state index >= 15 is 0 Å². The molecule has 18 heavy (non-hydrogen) atoms. The molecule has 0 atom stereocenters. The lowest BCUT2D eigenvalue weighted by atomic mass is 10.1. The van der Waals surface area contributed by atoms with Crippen molar-refractivity contribution in [1.82, 2.24) is 0 Å². The lowest BCUT2D eigenvalue weighted by molar-refractivity contribution is 0.503. The van der Waals surface area contributed by atoms with Crippen molar-refractivity contribution >= 4 is 23.0 Å². The Balaban J connectivity index is 2.30. The summed E-state index contributed by atoms with van der Waals surface area (Å²) in [6.07, 6.45) is 1.69. The SMILES string of the molecule is CCN(Cc1ccco1)c1cc(Cl)c(N)cc1C. The van der Waals surface area contributed by atoms with Crippen LogP contribution in [0.5, 0.6) is 0 Å². The minimum atomic E-state index is 0.591. The van der Waals surface area contributed by atoms with Crippen molar-refractivity contribution in [1.29, 1.82) is 0 Å². The summed E-state index contributed by atoms with van der Waals surface area (Å²) in [7, 11) is 0. The summed E-state index contributed by atoms with van der Waals surface area (Å²) >= 11 is 6.09. The fourth-order valence-electron chi connectivity index (χ4n) is 1.99. The smallest absolute Gasteiger partial charge is 0.123 e. The Labute approximate surface area is 112 Å². The van der Waals surface area contributed by atoms with E-state index in [4.69, 9.17) is 21.8 Å². The molecule has 1 aromatic carbocycles. The Kier molecular flexibility index (Phi) is 3.82. The van der Waals surface area contributed by atoms with Gasteiger partial charge in [-0.15, -0.1) is 0 Å². The molecular formula is C14H17ClN2O. The van der Waals surface area contributed by atoms with Gasteiger partial charge >= 0.3 is 0 Å². The highest BCUT2D eigenvalue weighted by atomic mass is 35.5. The lowest BCUT2D eigenvalue weighted by Gasteiger charge is -2.24. The molecule has 2 aromatic rings. The average molecular weight is 265 g/mol. The molecule has 0 aliphatic heterocycles. The normalized spacial score (nSPS) is 10.6. The van der Waals surface area contributed by atoms with Gasteiger partial charge in [-0.05, 0) is 43.7 Å². The quantitative estimate of drug-likeness (QED) is 0.853. The maximum Gasteiger partial charge on any atom is 0.123 e. The van der Waals surface area contributed by atoms with E-state index in [1.807, 2.05) is 31.2 Å². The van der Waals surface area contributed by atoms with E-state index < -0.39 is 0 Å². The van der Waals surface area contributed by atoms with Gasteiger partial charge in [0.05, 0.1) is 23.5 Å². The molecule has 0 saturated carbocycles. The fraction of sp³-hybridized carbons (Fsp3) is 0.286. The molecule has 96 valence electrons. The summed E-state index contributed by atoms with van der Waals surface area (Å²) in [5, 5.41) is 0.591. The highest BCUT2D eigenvalue weighted by Gasteiger charge is 2.11.